The highest BCUT2D eigenvalue weighted by Gasteiger charge is 2.13. The van der Waals surface area contributed by atoms with Gasteiger partial charge in [0.1, 0.15) is 17.1 Å². The van der Waals surface area contributed by atoms with Gasteiger partial charge in [0.2, 0.25) is 5.88 Å². The largest absolute Gasteiger partial charge is 0.478 e. The van der Waals surface area contributed by atoms with Gasteiger partial charge < -0.3 is 9.84 Å². The molecule has 0 unspecified atom stereocenters. The lowest BCUT2D eigenvalue weighted by atomic mass is 10.2. The van der Waals surface area contributed by atoms with E-state index in [9.17, 15) is 9.18 Å². The van der Waals surface area contributed by atoms with Crippen molar-refractivity contribution in [2.75, 3.05) is 0 Å². The highest BCUT2D eigenvalue weighted by atomic mass is 19.1. The molecular formula is C13H7FN2O3. The lowest BCUT2D eigenvalue weighted by Gasteiger charge is -2.07. The first kappa shape index (κ1) is 12.5. The Labute approximate surface area is 107 Å². The van der Waals surface area contributed by atoms with Crippen LogP contribution in [0.15, 0.2) is 36.5 Å². The Balaban J connectivity index is 2.40. The molecule has 0 amide bonds. The van der Waals surface area contributed by atoms with Gasteiger partial charge in [-0.3, -0.25) is 0 Å². The molecule has 0 aliphatic heterocycles. The van der Waals surface area contributed by atoms with E-state index in [1.807, 2.05) is 6.07 Å². The SMILES string of the molecule is N#Cc1ccnc(Oc2cc(F)ccc2C(=O)O)c1. The van der Waals surface area contributed by atoms with E-state index in [1.165, 1.54) is 18.3 Å². The van der Waals surface area contributed by atoms with Crippen LogP contribution in [0, 0.1) is 17.1 Å². The first-order chi connectivity index (χ1) is 9.10. The molecule has 0 saturated heterocycles. The molecule has 19 heavy (non-hydrogen) atoms. The van der Waals surface area contributed by atoms with Crippen molar-refractivity contribution in [3.63, 3.8) is 0 Å². The van der Waals surface area contributed by atoms with E-state index >= 15 is 0 Å². The number of aromatic nitrogens is 1. The number of rotatable bonds is 3. The number of hydrogen-bond acceptors (Lipinski definition) is 4. The highest BCUT2D eigenvalue weighted by molar-refractivity contribution is 5.90. The Morgan fingerprint density at radius 2 is 2.16 bits per heavy atom. The number of carbonyl (C=O) groups is 1. The summed E-state index contributed by atoms with van der Waals surface area (Å²) in [7, 11) is 0. The van der Waals surface area contributed by atoms with E-state index in [1.54, 1.807) is 0 Å². The maximum absolute atomic E-state index is 13.1. The molecule has 1 heterocycles. The van der Waals surface area contributed by atoms with Gasteiger partial charge >= 0.3 is 5.97 Å². The summed E-state index contributed by atoms with van der Waals surface area (Å²) in [4.78, 5) is 14.8. The predicted octanol–water partition coefficient (Wildman–Crippen LogP) is 2.58. The van der Waals surface area contributed by atoms with E-state index in [0.717, 1.165) is 18.2 Å². The van der Waals surface area contributed by atoms with Crippen molar-refractivity contribution in [2.45, 2.75) is 0 Å². The van der Waals surface area contributed by atoms with Crippen molar-refractivity contribution in [1.29, 1.82) is 5.26 Å². The second-order valence-electron chi connectivity index (χ2n) is 3.54. The standard InChI is InChI=1S/C13H7FN2O3/c14-9-1-2-10(13(17)18)11(6-9)19-12-5-8(7-15)3-4-16-12/h1-6H,(H,17,18). The van der Waals surface area contributed by atoms with Gasteiger partial charge in [-0.1, -0.05) is 0 Å². The number of pyridine rings is 1. The number of nitriles is 1. The molecule has 2 rings (SSSR count). The summed E-state index contributed by atoms with van der Waals surface area (Å²) in [6.45, 7) is 0. The monoisotopic (exact) mass is 258 g/mol. The Hall–Kier alpha value is -2.94. The van der Waals surface area contributed by atoms with Crippen LogP contribution >= 0.6 is 0 Å². The van der Waals surface area contributed by atoms with Gasteiger partial charge in [0, 0.05) is 18.3 Å². The van der Waals surface area contributed by atoms with Crippen molar-refractivity contribution in [3.8, 4) is 17.7 Å². The molecule has 1 aromatic carbocycles. The van der Waals surface area contributed by atoms with Crippen LogP contribution in [0.2, 0.25) is 0 Å². The summed E-state index contributed by atoms with van der Waals surface area (Å²) in [5, 5.41) is 17.7. The topological polar surface area (TPSA) is 83.2 Å². The summed E-state index contributed by atoms with van der Waals surface area (Å²) >= 11 is 0. The van der Waals surface area contributed by atoms with Crippen LogP contribution < -0.4 is 4.74 Å². The van der Waals surface area contributed by atoms with Crippen LogP contribution in [0.3, 0.4) is 0 Å². The Morgan fingerprint density at radius 1 is 1.37 bits per heavy atom. The molecule has 0 atom stereocenters. The second-order valence-corrected chi connectivity index (χ2v) is 3.54. The highest BCUT2D eigenvalue weighted by Crippen LogP contribution is 2.25. The lowest BCUT2D eigenvalue weighted by Crippen LogP contribution is -2.01. The summed E-state index contributed by atoms with van der Waals surface area (Å²) < 4.78 is 18.3. The van der Waals surface area contributed by atoms with Gasteiger partial charge in [-0.15, -0.1) is 0 Å². The fourth-order valence-electron chi connectivity index (χ4n) is 1.40. The molecule has 0 fully saturated rings. The average molecular weight is 258 g/mol. The summed E-state index contributed by atoms with van der Waals surface area (Å²) in [6, 6.07) is 7.76. The Kier molecular flexibility index (Phi) is 3.39. The molecule has 1 aromatic heterocycles. The van der Waals surface area contributed by atoms with Gasteiger partial charge in [0.25, 0.3) is 0 Å². The van der Waals surface area contributed by atoms with E-state index in [-0.39, 0.29) is 17.2 Å². The third-order valence-corrected chi connectivity index (χ3v) is 2.25. The van der Waals surface area contributed by atoms with Gasteiger partial charge in [0.15, 0.2) is 0 Å². The minimum Gasteiger partial charge on any atom is -0.478 e. The number of carboxylic acids is 1. The molecule has 0 bridgehead atoms. The third-order valence-electron chi connectivity index (χ3n) is 2.25. The second kappa shape index (κ2) is 5.14. The fraction of sp³-hybridized carbons (Fsp3) is 0. The summed E-state index contributed by atoms with van der Waals surface area (Å²) in [5.74, 6) is -2.02. The number of ether oxygens (including phenoxy) is 1. The van der Waals surface area contributed by atoms with E-state index in [2.05, 4.69) is 4.98 Å². The Morgan fingerprint density at radius 3 is 2.84 bits per heavy atom. The molecule has 0 aliphatic rings. The van der Waals surface area contributed by atoms with Gasteiger partial charge in [-0.2, -0.15) is 5.26 Å². The van der Waals surface area contributed by atoms with E-state index < -0.39 is 11.8 Å². The van der Waals surface area contributed by atoms with Crippen molar-refractivity contribution in [3.05, 3.63) is 53.5 Å². The number of carboxylic acid groups (broad SMARTS) is 1. The zero-order valence-corrected chi connectivity index (χ0v) is 9.50. The fourth-order valence-corrected chi connectivity index (χ4v) is 1.40. The van der Waals surface area contributed by atoms with Crippen molar-refractivity contribution >= 4 is 5.97 Å². The van der Waals surface area contributed by atoms with Crippen LogP contribution in [0.5, 0.6) is 11.6 Å². The lowest BCUT2D eigenvalue weighted by molar-refractivity contribution is 0.0694. The molecule has 1 N–H and O–H groups in total. The van der Waals surface area contributed by atoms with Crippen LogP contribution in [0.1, 0.15) is 15.9 Å². The number of halogens is 1. The number of hydrogen-bond donors (Lipinski definition) is 1. The first-order valence-electron chi connectivity index (χ1n) is 5.17. The molecule has 5 nitrogen and oxygen atoms in total. The maximum atomic E-state index is 13.1. The van der Waals surface area contributed by atoms with Gasteiger partial charge in [0.05, 0.1) is 11.6 Å². The molecule has 2 aromatic rings. The molecule has 0 radical (unpaired) electrons. The van der Waals surface area contributed by atoms with Crippen molar-refractivity contribution < 1.29 is 19.0 Å². The zero-order chi connectivity index (χ0) is 13.8. The minimum atomic E-state index is -1.24. The van der Waals surface area contributed by atoms with Gasteiger partial charge in [-0.05, 0) is 18.2 Å². The average Bonchev–Trinajstić information content (AvgIpc) is 2.38. The van der Waals surface area contributed by atoms with Crippen molar-refractivity contribution in [2.24, 2.45) is 0 Å². The van der Waals surface area contributed by atoms with Crippen LogP contribution in [-0.4, -0.2) is 16.1 Å². The van der Waals surface area contributed by atoms with Crippen LogP contribution in [0.25, 0.3) is 0 Å². The van der Waals surface area contributed by atoms with E-state index in [0.29, 0.717) is 5.56 Å². The third kappa shape index (κ3) is 2.84. The van der Waals surface area contributed by atoms with Crippen molar-refractivity contribution in [1.82, 2.24) is 4.98 Å². The van der Waals surface area contributed by atoms with Gasteiger partial charge in [-0.25, -0.2) is 14.2 Å². The van der Waals surface area contributed by atoms with Crippen LogP contribution in [-0.2, 0) is 0 Å². The van der Waals surface area contributed by atoms with Crippen LogP contribution in [0.4, 0.5) is 4.39 Å². The number of aromatic carboxylic acids is 1. The number of nitrogens with zero attached hydrogens (tertiary/aromatic N) is 2. The minimum absolute atomic E-state index is 0.0205. The molecule has 94 valence electrons. The smallest absolute Gasteiger partial charge is 0.339 e. The normalized spacial score (nSPS) is 9.68. The Bertz CT molecular complexity index is 680. The molecule has 6 heteroatoms. The van der Waals surface area contributed by atoms with E-state index in [4.69, 9.17) is 15.1 Å². The maximum Gasteiger partial charge on any atom is 0.339 e. The molecule has 0 saturated carbocycles. The zero-order valence-electron chi connectivity index (χ0n) is 9.50. The molecule has 0 spiro atoms. The quantitative estimate of drug-likeness (QED) is 0.914. The number of benzene rings is 1. The summed E-state index contributed by atoms with van der Waals surface area (Å²) in [6.07, 6.45) is 1.34. The summed E-state index contributed by atoms with van der Waals surface area (Å²) in [5.41, 5.74) is 0.115. The molecular weight excluding hydrogens is 251 g/mol. The predicted molar refractivity (Wildman–Crippen MR) is 62.4 cm³/mol. The molecule has 0 aliphatic carbocycles. The first-order valence-corrected chi connectivity index (χ1v) is 5.17.